The number of hydrogen-bond acceptors (Lipinski definition) is 3. The molecule has 0 aliphatic rings. The Bertz CT molecular complexity index is 809. The molecule has 0 fully saturated rings. The van der Waals surface area contributed by atoms with Gasteiger partial charge in [-0.25, -0.2) is 8.42 Å². The lowest BCUT2D eigenvalue weighted by Gasteiger charge is -2.27. The second-order valence-electron chi connectivity index (χ2n) is 5.71. The Morgan fingerprint density at radius 2 is 1.75 bits per heavy atom. The summed E-state index contributed by atoms with van der Waals surface area (Å²) in [4.78, 5) is -0.0123. The molecule has 2 N–H and O–H groups in total. The molecule has 0 spiro atoms. The van der Waals surface area contributed by atoms with E-state index in [0.717, 1.165) is 5.56 Å². The predicted octanol–water partition coefficient (Wildman–Crippen LogP) is 4.05. The summed E-state index contributed by atoms with van der Waals surface area (Å²) in [5.74, 6) is 0. The molecule has 2 aromatic rings. The lowest BCUT2D eigenvalue weighted by molar-refractivity contribution is 0.348. The summed E-state index contributed by atoms with van der Waals surface area (Å²) in [5, 5.41) is 0.419. The Balaban J connectivity index is 2.52. The lowest BCUT2D eigenvalue weighted by Crippen LogP contribution is -2.36. The van der Waals surface area contributed by atoms with Crippen LogP contribution in [-0.2, 0) is 23.1 Å². The summed E-state index contributed by atoms with van der Waals surface area (Å²) in [6, 6.07) is 12.1. The number of benzene rings is 2. The van der Waals surface area contributed by atoms with Gasteiger partial charge >= 0.3 is 0 Å². The number of halogens is 2. The zero-order valence-corrected chi connectivity index (χ0v) is 15.9. The molecule has 2 rings (SSSR count). The Labute approximate surface area is 153 Å². The van der Waals surface area contributed by atoms with Crippen molar-refractivity contribution in [1.29, 1.82) is 0 Å². The number of nitrogens with zero attached hydrogens (tertiary/aromatic N) is 1. The van der Waals surface area contributed by atoms with Crippen LogP contribution in [0.5, 0.6) is 0 Å². The van der Waals surface area contributed by atoms with Crippen LogP contribution in [0.4, 0.5) is 0 Å². The monoisotopic (exact) mass is 386 g/mol. The fourth-order valence-electron chi connectivity index (χ4n) is 2.39. The second-order valence-corrected chi connectivity index (χ2v) is 8.38. The maximum atomic E-state index is 13.2. The highest BCUT2D eigenvalue weighted by atomic mass is 35.5. The molecule has 2 aromatic carbocycles. The third kappa shape index (κ3) is 4.10. The molecule has 7 heteroatoms. The van der Waals surface area contributed by atoms with Crippen molar-refractivity contribution in [3.05, 3.63) is 63.6 Å². The third-order valence-electron chi connectivity index (χ3n) is 3.64. The van der Waals surface area contributed by atoms with Gasteiger partial charge in [0.05, 0.1) is 5.02 Å². The van der Waals surface area contributed by atoms with Crippen molar-refractivity contribution in [2.45, 2.75) is 37.9 Å². The molecule has 0 aliphatic carbocycles. The van der Waals surface area contributed by atoms with Crippen LogP contribution in [0.2, 0.25) is 10.0 Å². The quantitative estimate of drug-likeness (QED) is 0.813. The molecular formula is C17H20Cl2N2O2S. The first-order valence-electron chi connectivity index (χ1n) is 7.51. The van der Waals surface area contributed by atoms with E-state index in [2.05, 4.69) is 0 Å². The largest absolute Gasteiger partial charge is 0.326 e. The van der Waals surface area contributed by atoms with E-state index >= 15 is 0 Å². The van der Waals surface area contributed by atoms with Gasteiger partial charge in [0.15, 0.2) is 0 Å². The Hall–Kier alpha value is -1.11. The van der Waals surface area contributed by atoms with E-state index in [-0.39, 0.29) is 29.0 Å². The van der Waals surface area contributed by atoms with E-state index in [0.29, 0.717) is 10.6 Å². The summed E-state index contributed by atoms with van der Waals surface area (Å²) < 4.78 is 27.7. The number of rotatable bonds is 6. The minimum absolute atomic E-state index is 0.0123. The van der Waals surface area contributed by atoms with Gasteiger partial charge in [0.25, 0.3) is 0 Å². The minimum atomic E-state index is -3.82. The van der Waals surface area contributed by atoms with Crippen molar-refractivity contribution in [3.63, 3.8) is 0 Å². The molecule has 4 nitrogen and oxygen atoms in total. The van der Waals surface area contributed by atoms with Crippen LogP contribution >= 0.6 is 23.2 Å². The lowest BCUT2D eigenvalue weighted by atomic mass is 10.2. The summed E-state index contributed by atoms with van der Waals surface area (Å²) in [7, 11) is -3.82. The van der Waals surface area contributed by atoms with Gasteiger partial charge in [-0.05, 0) is 37.1 Å². The zero-order chi connectivity index (χ0) is 17.9. The Kier molecular flexibility index (Phi) is 6.28. The summed E-state index contributed by atoms with van der Waals surface area (Å²) >= 11 is 12.3. The molecule has 0 aliphatic heterocycles. The van der Waals surface area contributed by atoms with E-state index < -0.39 is 10.0 Å². The van der Waals surface area contributed by atoms with Crippen molar-refractivity contribution < 1.29 is 8.42 Å². The molecule has 0 bridgehead atoms. The summed E-state index contributed by atoms with van der Waals surface area (Å²) in [6.07, 6.45) is 0. The molecule has 24 heavy (non-hydrogen) atoms. The molecule has 0 amide bonds. The van der Waals surface area contributed by atoms with Crippen LogP contribution < -0.4 is 5.73 Å². The second kappa shape index (κ2) is 7.85. The van der Waals surface area contributed by atoms with Crippen LogP contribution in [0, 0.1) is 0 Å². The molecule has 0 aromatic heterocycles. The normalized spacial score (nSPS) is 12.1. The van der Waals surface area contributed by atoms with Crippen LogP contribution in [0.25, 0.3) is 0 Å². The summed E-state index contributed by atoms with van der Waals surface area (Å²) in [6.45, 7) is 4.01. The minimum Gasteiger partial charge on any atom is -0.326 e. The fraction of sp³-hybridized carbons (Fsp3) is 0.294. The Morgan fingerprint density at radius 1 is 1.12 bits per heavy atom. The van der Waals surface area contributed by atoms with Crippen LogP contribution in [0.3, 0.4) is 0 Å². The van der Waals surface area contributed by atoms with Crippen LogP contribution in [0.15, 0.2) is 47.4 Å². The third-order valence-corrected chi connectivity index (χ3v) is 6.47. The number of hydrogen-bond donors (Lipinski definition) is 1. The van der Waals surface area contributed by atoms with Crippen molar-refractivity contribution in [1.82, 2.24) is 4.31 Å². The fourth-order valence-corrected chi connectivity index (χ4v) is 4.93. The average molecular weight is 387 g/mol. The molecular weight excluding hydrogens is 367 g/mol. The maximum Gasteiger partial charge on any atom is 0.245 e. The topological polar surface area (TPSA) is 63.4 Å². The number of sulfonamides is 1. The van der Waals surface area contributed by atoms with Gasteiger partial charge in [-0.15, -0.1) is 0 Å². The molecule has 0 saturated heterocycles. The highest BCUT2D eigenvalue weighted by Crippen LogP contribution is 2.32. The van der Waals surface area contributed by atoms with Gasteiger partial charge in [0.1, 0.15) is 4.90 Å². The summed E-state index contributed by atoms with van der Waals surface area (Å²) in [5.41, 5.74) is 7.04. The first-order valence-corrected chi connectivity index (χ1v) is 9.70. The predicted molar refractivity (Wildman–Crippen MR) is 98.7 cm³/mol. The van der Waals surface area contributed by atoms with Gasteiger partial charge in [-0.2, -0.15) is 4.31 Å². The highest BCUT2D eigenvalue weighted by Gasteiger charge is 2.30. The van der Waals surface area contributed by atoms with E-state index in [1.54, 1.807) is 6.07 Å². The first kappa shape index (κ1) is 19.2. The van der Waals surface area contributed by atoms with Crippen LogP contribution in [0.1, 0.15) is 25.0 Å². The van der Waals surface area contributed by atoms with E-state index in [1.165, 1.54) is 10.4 Å². The van der Waals surface area contributed by atoms with E-state index in [9.17, 15) is 8.42 Å². The molecule has 0 unspecified atom stereocenters. The van der Waals surface area contributed by atoms with Crippen molar-refractivity contribution in [2.75, 3.05) is 0 Å². The zero-order valence-electron chi connectivity index (χ0n) is 13.5. The van der Waals surface area contributed by atoms with Gasteiger partial charge in [-0.3, -0.25) is 0 Å². The molecule has 130 valence electrons. The van der Waals surface area contributed by atoms with E-state index in [1.807, 2.05) is 44.2 Å². The van der Waals surface area contributed by atoms with Gasteiger partial charge < -0.3 is 5.73 Å². The molecule has 0 saturated carbocycles. The van der Waals surface area contributed by atoms with Crippen molar-refractivity contribution in [2.24, 2.45) is 5.73 Å². The van der Waals surface area contributed by atoms with Gasteiger partial charge in [0, 0.05) is 24.2 Å². The van der Waals surface area contributed by atoms with Gasteiger partial charge in [-0.1, -0.05) is 53.5 Å². The maximum absolute atomic E-state index is 13.2. The molecule has 0 atom stereocenters. The standard InChI is InChI=1S/C17H20Cl2N2O2S/c1-12(2)21(11-13-6-4-3-5-7-13)24(22,23)16-9-15(18)8-14(10-20)17(16)19/h3-9,12H,10-11,20H2,1-2H3. The average Bonchev–Trinajstić information content (AvgIpc) is 2.54. The highest BCUT2D eigenvalue weighted by molar-refractivity contribution is 7.89. The first-order chi connectivity index (χ1) is 11.3. The molecule has 0 heterocycles. The van der Waals surface area contributed by atoms with Crippen molar-refractivity contribution >= 4 is 33.2 Å². The van der Waals surface area contributed by atoms with Crippen LogP contribution in [-0.4, -0.2) is 18.8 Å². The Morgan fingerprint density at radius 3 is 2.29 bits per heavy atom. The van der Waals surface area contributed by atoms with Gasteiger partial charge in [0.2, 0.25) is 10.0 Å². The van der Waals surface area contributed by atoms with Crippen molar-refractivity contribution in [3.8, 4) is 0 Å². The van der Waals surface area contributed by atoms with E-state index in [4.69, 9.17) is 28.9 Å². The smallest absolute Gasteiger partial charge is 0.245 e. The SMILES string of the molecule is CC(C)N(Cc1ccccc1)S(=O)(=O)c1cc(Cl)cc(CN)c1Cl. The number of nitrogens with two attached hydrogens (primary N) is 1. The molecule has 0 radical (unpaired) electrons.